The number of aliphatic imine (C=N–C) groups is 1. The van der Waals surface area contributed by atoms with Crippen LogP contribution in [0, 0.1) is 23.2 Å². The van der Waals surface area contributed by atoms with Gasteiger partial charge < -0.3 is 5.32 Å². The van der Waals surface area contributed by atoms with Crippen LogP contribution in [0.1, 0.15) is 44.9 Å². The average Bonchev–Trinajstić information content (AvgIpc) is 2.79. The fourth-order valence-electron chi connectivity index (χ4n) is 5.11. The van der Waals surface area contributed by atoms with Crippen molar-refractivity contribution in [1.29, 1.82) is 0 Å². The van der Waals surface area contributed by atoms with Gasteiger partial charge >= 0.3 is 0 Å². The number of thioether (sulfide) groups is 1. The van der Waals surface area contributed by atoms with Gasteiger partial charge in [0, 0.05) is 5.75 Å². The summed E-state index contributed by atoms with van der Waals surface area (Å²) in [6.45, 7) is 0.862. The van der Waals surface area contributed by atoms with Crippen LogP contribution >= 0.6 is 11.8 Å². The maximum absolute atomic E-state index is 12.8. The van der Waals surface area contributed by atoms with Gasteiger partial charge in [0.2, 0.25) is 5.91 Å². The van der Waals surface area contributed by atoms with Gasteiger partial charge in [-0.05, 0) is 49.9 Å². The van der Waals surface area contributed by atoms with E-state index < -0.39 is 0 Å². The number of hydrogen-bond acceptors (Lipinski definition) is 3. The molecule has 3 nitrogen and oxygen atoms in total. The molecule has 4 bridgehead atoms. The van der Waals surface area contributed by atoms with Gasteiger partial charge in [0.1, 0.15) is 0 Å². The van der Waals surface area contributed by atoms with Crippen LogP contribution in [0.3, 0.4) is 0 Å². The number of carbonyl (C=O) groups is 1. The van der Waals surface area contributed by atoms with Crippen LogP contribution in [0.5, 0.6) is 0 Å². The maximum atomic E-state index is 12.8. The molecule has 19 heavy (non-hydrogen) atoms. The molecule has 2 atom stereocenters. The minimum Gasteiger partial charge on any atom is -0.305 e. The molecule has 4 fully saturated rings. The largest absolute Gasteiger partial charge is 0.305 e. The molecule has 1 heterocycles. The Labute approximate surface area is 119 Å². The molecule has 4 saturated carbocycles. The second kappa shape index (κ2) is 4.51. The van der Waals surface area contributed by atoms with Crippen molar-refractivity contribution >= 4 is 22.8 Å². The van der Waals surface area contributed by atoms with Crippen LogP contribution in [-0.4, -0.2) is 23.4 Å². The zero-order valence-corrected chi connectivity index (χ0v) is 12.2. The zero-order valence-electron chi connectivity index (χ0n) is 11.4. The quantitative estimate of drug-likeness (QED) is 0.801. The lowest BCUT2D eigenvalue weighted by Crippen LogP contribution is -2.49. The van der Waals surface area contributed by atoms with E-state index in [1.54, 1.807) is 11.8 Å². The fourth-order valence-corrected chi connectivity index (χ4v) is 5.83. The van der Waals surface area contributed by atoms with E-state index in [-0.39, 0.29) is 5.41 Å². The Hall–Kier alpha value is -0.510. The van der Waals surface area contributed by atoms with Gasteiger partial charge in [0.05, 0.1) is 12.0 Å². The molecular weight excluding hydrogens is 256 g/mol. The van der Waals surface area contributed by atoms with Gasteiger partial charge in [-0.3, -0.25) is 9.79 Å². The molecule has 0 saturated heterocycles. The van der Waals surface area contributed by atoms with Gasteiger partial charge in [-0.2, -0.15) is 0 Å². The van der Waals surface area contributed by atoms with Crippen molar-refractivity contribution in [3.8, 4) is 0 Å². The predicted molar refractivity (Wildman–Crippen MR) is 78.1 cm³/mol. The third-order valence-electron chi connectivity index (χ3n) is 5.64. The third kappa shape index (κ3) is 2.12. The molecule has 0 unspecified atom stereocenters. The summed E-state index contributed by atoms with van der Waals surface area (Å²) in [6.07, 6.45) is 8.94. The first-order valence-corrected chi connectivity index (χ1v) is 8.71. The van der Waals surface area contributed by atoms with Crippen LogP contribution in [-0.2, 0) is 4.79 Å². The molecule has 1 N–H and O–H groups in total. The predicted octanol–water partition coefficient (Wildman–Crippen LogP) is 2.81. The van der Waals surface area contributed by atoms with E-state index >= 15 is 0 Å². The molecule has 5 rings (SSSR count). The zero-order chi connectivity index (χ0) is 12.9. The molecule has 1 amide bonds. The van der Waals surface area contributed by atoms with E-state index in [0.29, 0.717) is 5.91 Å². The Morgan fingerprint density at radius 2 is 1.84 bits per heavy atom. The van der Waals surface area contributed by atoms with E-state index in [2.05, 4.69) is 10.3 Å². The van der Waals surface area contributed by atoms with E-state index in [1.165, 1.54) is 25.7 Å². The first-order valence-electron chi connectivity index (χ1n) is 7.72. The molecule has 0 aromatic heterocycles. The maximum Gasteiger partial charge on any atom is 0.232 e. The Morgan fingerprint density at radius 3 is 2.47 bits per heavy atom. The first kappa shape index (κ1) is 12.2. The van der Waals surface area contributed by atoms with Gasteiger partial charge in [-0.25, -0.2) is 0 Å². The average molecular weight is 278 g/mol. The number of carbonyl (C=O) groups excluding carboxylic acids is 1. The Morgan fingerprint density at radius 1 is 1.16 bits per heavy atom. The molecule has 5 aliphatic rings. The third-order valence-corrected chi connectivity index (χ3v) is 6.53. The Balaban J connectivity index is 1.56. The molecule has 1 aliphatic heterocycles. The van der Waals surface area contributed by atoms with E-state index in [4.69, 9.17) is 0 Å². The Kier molecular flexibility index (Phi) is 2.90. The minimum atomic E-state index is -0.0430. The van der Waals surface area contributed by atoms with Crippen molar-refractivity contribution < 1.29 is 4.79 Å². The van der Waals surface area contributed by atoms with Crippen molar-refractivity contribution in [2.24, 2.45) is 28.2 Å². The lowest BCUT2D eigenvalue weighted by Gasteiger charge is -2.47. The smallest absolute Gasteiger partial charge is 0.232 e. The number of amides is 1. The number of fused-ring (bicyclic) bond motifs is 1. The van der Waals surface area contributed by atoms with Crippen molar-refractivity contribution in [1.82, 2.24) is 5.32 Å². The molecule has 0 spiro atoms. The van der Waals surface area contributed by atoms with E-state index in [9.17, 15) is 4.79 Å². The van der Waals surface area contributed by atoms with Gasteiger partial charge in [-0.1, -0.05) is 24.6 Å². The van der Waals surface area contributed by atoms with E-state index in [0.717, 1.165) is 54.5 Å². The van der Waals surface area contributed by atoms with Gasteiger partial charge in [0.25, 0.3) is 0 Å². The van der Waals surface area contributed by atoms with Crippen LogP contribution in [0.2, 0.25) is 0 Å². The number of amidine groups is 1. The van der Waals surface area contributed by atoms with E-state index in [1.807, 2.05) is 0 Å². The lowest BCUT2D eigenvalue weighted by molar-refractivity contribution is -0.136. The summed E-state index contributed by atoms with van der Waals surface area (Å²) in [5.74, 6) is 3.77. The second-order valence-electron chi connectivity index (χ2n) is 7.03. The van der Waals surface area contributed by atoms with Crippen LogP contribution < -0.4 is 5.32 Å². The number of nitrogens with one attached hydrogen (secondary N) is 1. The van der Waals surface area contributed by atoms with Gasteiger partial charge in [0.15, 0.2) is 5.17 Å². The van der Waals surface area contributed by atoms with Crippen LogP contribution in [0.4, 0.5) is 0 Å². The summed E-state index contributed by atoms with van der Waals surface area (Å²) >= 11 is 1.70. The summed E-state index contributed by atoms with van der Waals surface area (Å²) < 4.78 is 0. The fraction of sp³-hybridized carbons (Fsp3) is 0.867. The van der Waals surface area contributed by atoms with Crippen molar-refractivity contribution in [3.63, 3.8) is 0 Å². The number of hydrogen-bond donors (Lipinski definition) is 1. The summed E-state index contributed by atoms with van der Waals surface area (Å²) in [4.78, 5) is 17.2. The second-order valence-corrected chi connectivity index (χ2v) is 8.11. The summed E-state index contributed by atoms with van der Waals surface area (Å²) in [5, 5.41) is 4.01. The topological polar surface area (TPSA) is 41.5 Å². The molecule has 4 heteroatoms. The minimum absolute atomic E-state index is 0.0430. The number of rotatable bonds is 1. The van der Waals surface area contributed by atoms with Crippen LogP contribution in [0.15, 0.2) is 4.99 Å². The Bertz CT molecular complexity index is 418. The lowest BCUT2D eigenvalue weighted by atomic mass is 9.58. The van der Waals surface area contributed by atoms with Crippen molar-refractivity contribution in [2.45, 2.75) is 44.9 Å². The van der Waals surface area contributed by atoms with Crippen molar-refractivity contribution in [3.05, 3.63) is 0 Å². The normalized spacial score (nSPS) is 44.0. The molecule has 4 aliphatic carbocycles. The molecule has 0 aromatic rings. The summed E-state index contributed by atoms with van der Waals surface area (Å²) in [7, 11) is 0. The SMILES string of the molecule is O=C(NC1=NCCS1)C12CC3C[C@@H](CC[C@H](C3)C1)C2. The number of nitrogens with zero attached hydrogens (tertiary/aromatic N) is 1. The highest BCUT2D eigenvalue weighted by atomic mass is 32.2. The van der Waals surface area contributed by atoms with Gasteiger partial charge in [-0.15, -0.1) is 0 Å². The highest BCUT2D eigenvalue weighted by molar-refractivity contribution is 8.14. The highest BCUT2D eigenvalue weighted by Gasteiger charge is 2.52. The van der Waals surface area contributed by atoms with Crippen LogP contribution in [0.25, 0.3) is 0 Å². The highest BCUT2D eigenvalue weighted by Crippen LogP contribution is 2.57. The molecule has 0 aromatic carbocycles. The monoisotopic (exact) mass is 278 g/mol. The molecule has 104 valence electrons. The summed E-state index contributed by atoms with van der Waals surface area (Å²) in [6, 6.07) is 0. The molecule has 0 radical (unpaired) electrons. The first-order chi connectivity index (χ1) is 9.23. The van der Waals surface area contributed by atoms with Crippen molar-refractivity contribution in [2.75, 3.05) is 12.3 Å². The molecular formula is C15H22N2OS. The summed E-state index contributed by atoms with van der Waals surface area (Å²) in [5.41, 5.74) is -0.0430. The standard InChI is InChI=1S/C15H22N2OS/c18-13(17-14-16-3-4-19-14)15-7-10-1-2-11(8-15)6-12(5-10)9-15/h10-12H,1-9H2,(H,16,17,18)/t10-,11-,12?,15?/m1/s1.